The second kappa shape index (κ2) is 3.66. The van der Waals surface area contributed by atoms with Gasteiger partial charge in [0.05, 0.1) is 0 Å². The number of rotatable bonds is 0. The maximum Gasteiger partial charge on any atom is 1.00 e. The molecule has 0 aromatic rings. The molecule has 0 radical (unpaired) electrons. The van der Waals surface area contributed by atoms with E-state index in [4.69, 9.17) is 0 Å². The van der Waals surface area contributed by atoms with Crippen LogP contribution in [0.15, 0.2) is 24.3 Å². The van der Waals surface area contributed by atoms with Crippen LogP contribution in [0.5, 0.6) is 0 Å². The van der Waals surface area contributed by atoms with E-state index in [9.17, 15) is 0 Å². The second-order valence-electron chi connectivity index (χ2n) is 1.09. The van der Waals surface area contributed by atoms with Gasteiger partial charge in [-0.2, -0.15) is 0 Å². The predicted molar refractivity (Wildman–Crippen MR) is 22.9 cm³/mol. The van der Waals surface area contributed by atoms with Gasteiger partial charge in [0.1, 0.15) is 0 Å². The quantitative estimate of drug-likeness (QED) is 0.317. The van der Waals surface area contributed by atoms with Crippen molar-refractivity contribution in [3.8, 4) is 0 Å². The molecular weight excluding hydrogens is 83.0 g/mol. The van der Waals surface area contributed by atoms with Gasteiger partial charge in [-0.15, -0.1) is 0 Å². The number of hydrogen-bond acceptors (Lipinski definition) is 0. The standard InChI is InChI=1S/C5H6.Na/c1-2-4-5-3-1;/h1-4H,5H2;/q;+1. The van der Waals surface area contributed by atoms with Crippen LogP contribution in [0, 0.1) is 0 Å². The van der Waals surface area contributed by atoms with Crippen LogP contribution in [0.2, 0.25) is 0 Å². The maximum atomic E-state index is 2.12. The number of hydrogen-bond donors (Lipinski definition) is 0. The van der Waals surface area contributed by atoms with E-state index in [0.717, 1.165) is 6.42 Å². The van der Waals surface area contributed by atoms with Crippen molar-refractivity contribution in [2.75, 3.05) is 0 Å². The van der Waals surface area contributed by atoms with Crippen molar-refractivity contribution in [3.63, 3.8) is 0 Å². The van der Waals surface area contributed by atoms with Crippen molar-refractivity contribution in [2.45, 2.75) is 6.42 Å². The molecule has 0 nitrogen and oxygen atoms in total. The Hall–Kier alpha value is 0.480. The summed E-state index contributed by atoms with van der Waals surface area (Å²) >= 11 is 0. The molecule has 0 aromatic carbocycles. The van der Waals surface area contributed by atoms with Gasteiger partial charge in [-0.1, -0.05) is 24.3 Å². The minimum Gasteiger partial charge on any atom is -0.0808 e. The van der Waals surface area contributed by atoms with Crippen LogP contribution >= 0.6 is 0 Å². The Morgan fingerprint density at radius 2 is 1.50 bits per heavy atom. The van der Waals surface area contributed by atoms with Gasteiger partial charge in [-0.3, -0.25) is 0 Å². The molecule has 1 aliphatic rings. The molecule has 0 bridgehead atoms. The zero-order chi connectivity index (χ0) is 3.54. The zero-order valence-electron chi connectivity index (χ0n) is 4.02. The monoisotopic (exact) mass is 89.0 g/mol. The fraction of sp³-hybridized carbons (Fsp3) is 0.200. The normalized spacial score (nSPS) is 14.7. The summed E-state index contributed by atoms with van der Waals surface area (Å²) in [5.74, 6) is 0. The van der Waals surface area contributed by atoms with Gasteiger partial charge >= 0.3 is 29.6 Å². The topological polar surface area (TPSA) is 0 Å². The third-order valence-corrected chi connectivity index (χ3v) is 0.655. The molecule has 1 rings (SSSR count). The maximum absolute atomic E-state index is 2.12. The summed E-state index contributed by atoms with van der Waals surface area (Å²) < 4.78 is 0. The van der Waals surface area contributed by atoms with E-state index in [-0.39, 0.29) is 29.6 Å². The van der Waals surface area contributed by atoms with Crippen molar-refractivity contribution in [3.05, 3.63) is 24.3 Å². The Morgan fingerprint density at radius 1 is 1.00 bits per heavy atom. The first-order chi connectivity index (χ1) is 2.50. The van der Waals surface area contributed by atoms with Gasteiger partial charge in [-0.05, 0) is 6.42 Å². The van der Waals surface area contributed by atoms with Crippen molar-refractivity contribution >= 4 is 0 Å². The Kier molecular flexibility index (Phi) is 3.96. The summed E-state index contributed by atoms with van der Waals surface area (Å²) in [6.07, 6.45) is 9.50. The molecule has 0 saturated carbocycles. The molecule has 0 N–H and O–H groups in total. The molecule has 0 fully saturated rings. The minimum absolute atomic E-state index is 0. The molecule has 0 aliphatic heterocycles. The van der Waals surface area contributed by atoms with Crippen molar-refractivity contribution in [2.24, 2.45) is 0 Å². The molecule has 0 aromatic heterocycles. The van der Waals surface area contributed by atoms with Crippen LogP contribution in [-0.4, -0.2) is 0 Å². The van der Waals surface area contributed by atoms with E-state index in [1.807, 2.05) is 0 Å². The average Bonchev–Trinajstić information content (AvgIpc) is 1.76. The molecular formula is C5H6Na+. The average molecular weight is 89.1 g/mol. The first-order valence-electron chi connectivity index (χ1n) is 1.82. The molecule has 0 saturated heterocycles. The van der Waals surface area contributed by atoms with Crippen LogP contribution in [-0.2, 0) is 0 Å². The summed E-state index contributed by atoms with van der Waals surface area (Å²) in [4.78, 5) is 0. The SMILES string of the molecule is C1=CCC=C1.[Na+]. The minimum atomic E-state index is 0. The summed E-state index contributed by atoms with van der Waals surface area (Å²) in [5, 5.41) is 0. The summed E-state index contributed by atoms with van der Waals surface area (Å²) in [6.45, 7) is 0. The van der Waals surface area contributed by atoms with Gasteiger partial charge in [0.2, 0.25) is 0 Å². The van der Waals surface area contributed by atoms with Crippen LogP contribution < -0.4 is 29.6 Å². The fourth-order valence-corrected chi connectivity index (χ4v) is 0.393. The predicted octanol–water partition coefficient (Wildman–Crippen LogP) is -1.49. The van der Waals surface area contributed by atoms with E-state index >= 15 is 0 Å². The molecule has 1 heteroatoms. The Morgan fingerprint density at radius 3 is 1.67 bits per heavy atom. The van der Waals surface area contributed by atoms with Crippen LogP contribution in [0.3, 0.4) is 0 Å². The van der Waals surface area contributed by atoms with E-state index < -0.39 is 0 Å². The first-order valence-corrected chi connectivity index (χ1v) is 1.82. The molecule has 26 valence electrons. The van der Waals surface area contributed by atoms with Crippen molar-refractivity contribution < 1.29 is 29.6 Å². The van der Waals surface area contributed by atoms with E-state index in [0.29, 0.717) is 0 Å². The van der Waals surface area contributed by atoms with Gasteiger partial charge in [0.25, 0.3) is 0 Å². The van der Waals surface area contributed by atoms with Crippen LogP contribution in [0.25, 0.3) is 0 Å². The van der Waals surface area contributed by atoms with Crippen molar-refractivity contribution in [1.82, 2.24) is 0 Å². The summed E-state index contributed by atoms with van der Waals surface area (Å²) in [6, 6.07) is 0. The van der Waals surface area contributed by atoms with Gasteiger partial charge in [0, 0.05) is 0 Å². The van der Waals surface area contributed by atoms with Gasteiger partial charge < -0.3 is 0 Å². The smallest absolute Gasteiger partial charge is 0.0808 e. The summed E-state index contributed by atoms with van der Waals surface area (Å²) in [7, 11) is 0. The van der Waals surface area contributed by atoms with Crippen LogP contribution in [0.4, 0.5) is 0 Å². The summed E-state index contributed by atoms with van der Waals surface area (Å²) in [5.41, 5.74) is 0. The third kappa shape index (κ3) is 1.81. The molecule has 6 heavy (non-hydrogen) atoms. The Labute approximate surface area is 60.2 Å². The van der Waals surface area contributed by atoms with E-state index in [2.05, 4.69) is 24.3 Å². The Balaban J connectivity index is 0.000000250. The van der Waals surface area contributed by atoms with Crippen LogP contribution in [0.1, 0.15) is 6.42 Å². The zero-order valence-corrected chi connectivity index (χ0v) is 6.02. The molecule has 0 amide bonds. The molecule has 0 unspecified atom stereocenters. The molecule has 0 heterocycles. The first kappa shape index (κ1) is 6.48. The largest absolute Gasteiger partial charge is 1.00 e. The fourth-order valence-electron chi connectivity index (χ4n) is 0.393. The third-order valence-electron chi connectivity index (χ3n) is 0.655. The van der Waals surface area contributed by atoms with Crippen molar-refractivity contribution in [1.29, 1.82) is 0 Å². The number of allylic oxidation sites excluding steroid dienone is 4. The van der Waals surface area contributed by atoms with Gasteiger partial charge in [-0.25, -0.2) is 0 Å². The Bertz CT molecular complexity index is 62.0. The van der Waals surface area contributed by atoms with E-state index in [1.165, 1.54) is 0 Å². The second-order valence-corrected chi connectivity index (χ2v) is 1.09. The molecule has 0 atom stereocenters. The van der Waals surface area contributed by atoms with E-state index in [1.54, 1.807) is 0 Å². The molecule has 0 spiro atoms. The molecule has 1 aliphatic carbocycles. The van der Waals surface area contributed by atoms with Gasteiger partial charge in [0.15, 0.2) is 0 Å².